The number of amides is 1. The van der Waals surface area contributed by atoms with Crippen LogP contribution < -0.4 is 9.64 Å². The van der Waals surface area contributed by atoms with Gasteiger partial charge in [0.25, 0.3) is 5.91 Å². The number of nitrogens with zero attached hydrogens (tertiary/aromatic N) is 4. The van der Waals surface area contributed by atoms with Gasteiger partial charge in [0.15, 0.2) is 6.61 Å². The highest BCUT2D eigenvalue weighted by Gasteiger charge is 2.21. The van der Waals surface area contributed by atoms with Gasteiger partial charge in [-0.2, -0.15) is 5.26 Å². The van der Waals surface area contributed by atoms with Crippen molar-refractivity contribution >= 4 is 17.7 Å². The van der Waals surface area contributed by atoms with Crippen LogP contribution >= 0.6 is 0 Å². The molecular formula is C22H24N4O4. The van der Waals surface area contributed by atoms with Crippen LogP contribution in [0.4, 0.5) is 5.82 Å². The molecule has 8 heteroatoms. The number of carbonyl (C=O) groups is 2. The molecule has 2 aromatic rings. The minimum Gasteiger partial charge on any atom is -0.482 e. The quantitative estimate of drug-likeness (QED) is 0.677. The van der Waals surface area contributed by atoms with Crippen LogP contribution in [-0.2, 0) is 9.53 Å². The summed E-state index contributed by atoms with van der Waals surface area (Å²) in [6, 6.07) is 12.4. The molecule has 0 N–H and O–H groups in total. The van der Waals surface area contributed by atoms with E-state index in [1.807, 2.05) is 0 Å². The molecule has 1 aliphatic rings. The van der Waals surface area contributed by atoms with Crippen LogP contribution in [0.25, 0.3) is 0 Å². The van der Waals surface area contributed by atoms with Gasteiger partial charge in [-0.05, 0) is 37.6 Å². The molecule has 0 bridgehead atoms. The van der Waals surface area contributed by atoms with Gasteiger partial charge >= 0.3 is 5.97 Å². The summed E-state index contributed by atoms with van der Waals surface area (Å²) in [5, 5.41) is 9.12. The van der Waals surface area contributed by atoms with E-state index in [2.05, 4.69) is 16.0 Å². The van der Waals surface area contributed by atoms with E-state index >= 15 is 0 Å². The van der Waals surface area contributed by atoms with E-state index in [-0.39, 0.29) is 18.5 Å². The van der Waals surface area contributed by atoms with E-state index in [0.717, 1.165) is 18.8 Å². The number of aromatic nitrogens is 1. The van der Waals surface area contributed by atoms with Crippen molar-refractivity contribution in [3.63, 3.8) is 0 Å². The highest BCUT2D eigenvalue weighted by molar-refractivity contribution is 5.89. The van der Waals surface area contributed by atoms with Crippen molar-refractivity contribution < 1.29 is 19.1 Å². The second-order valence-electron chi connectivity index (χ2n) is 6.74. The van der Waals surface area contributed by atoms with E-state index in [1.54, 1.807) is 48.2 Å². The first-order valence-corrected chi connectivity index (χ1v) is 9.90. The summed E-state index contributed by atoms with van der Waals surface area (Å²) in [5.41, 5.74) is 0.826. The fraction of sp³-hybridized carbons (Fsp3) is 0.364. The first-order valence-electron chi connectivity index (χ1n) is 9.90. The zero-order valence-corrected chi connectivity index (χ0v) is 16.9. The van der Waals surface area contributed by atoms with Crippen LogP contribution in [0.15, 0.2) is 42.6 Å². The molecule has 0 spiro atoms. The molecule has 0 aliphatic carbocycles. The molecule has 0 radical (unpaired) electrons. The van der Waals surface area contributed by atoms with Crippen molar-refractivity contribution in [1.82, 2.24) is 9.88 Å². The van der Waals surface area contributed by atoms with Gasteiger partial charge in [-0.15, -0.1) is 0 Å². The molecule has 8 nitrogen and oxygen atoms in total. The van der Waals surface area contributed by atoms with E-state index in [4.69, 9.17) is 14.7 Å². The van der Waals surface area contributed by atoms with Crippen molar-refractivity contribution in [2.45, 2.75) is 13.3 Å². The third-order valence-electron chi connectivity index (χ3n) is 4.79. The summed E-state index contributed by atoms with van der Waals surface area (Å²) in [6.45, 7) is 4.54. The van der Waals surface area contributed by atoms with Crippen molar-refractivity contribution in [2.24, 2.45) is 0 Å². The van der Waals surface area contributed by atoms with E-state index in [0.29, 0.717) is 43.1 Å². The maximum absolute atomic E-state index is 12.6. The second kappa shape index (κ2) is 10.3. The number of hydrogen-bond donors (Lipinski definition) is 0. The average molecular weight is 408 g/mol. The summed E-state index contributed by atoms with van der Waals surface area (Å²) < 4.78 is 10.5. The molecule has 2 heterocycles. The first kappa shape index (κ1) is 21.1. The van der Waals surface area contributed by atoms with Crippen LogP contribution in [0.2, 0.25) is 0 Å². The number of rotatable bonds is 6. The fourth-order valence-corrected chi connectivity index (χ4v) is 3.22. The Morgan fingerprint density at radius 3 is 2.70 bits per heavy atom. The molecular weight excluding hydrogens is 384 g/mol. The minimum atomic E-state index is -0.387. The zero-order chi connectivity index (χ0) is 21.3. The van der Waals surface area contributed by atoms with Crippen LogP contribution in [-0.4, -0.2) is 61.2 Å². The van der Waals surface area contributed by atoms with Gasteiger partial charge in [0.05, 0.1) is 17.7 Å². The largest absolute Gasteiger partial charge is 0.482 e. The van der Waals surface area contributed by atoms with Crippen molar-refractivity contribution in [1.29, 1.82) is 5.26 Å². The summed E-state index contributed by atoms with van der Waals surface area (Å²) in [5.74, 6) is 0.671. The summed E-state index contributed by atoms with van der Waals surface area (Å²) >= 11 is 0. The molecule has 1 saturated heterocycles. The monoisotopic (exact) mass is 408 g/mol. The summed E-state index contributed by atoms with van der Waals surface area (Å²) in [7, 11) is 0. The number of benzene rings is 1. The van der Waals surface area contributed by atoms with Crippen LogP contribution in [0.5, 0.6) is 5.75 Å². The Morgan fingerprint density at radius 1 is 1.13 bits per heavy atom. The van der Waals surface area contributed by atoms with Crippen LogP contribution in [0.1, 0.15) is 29.3 Å². The molecule has 156 valence electrons. The molecule has 0 unspecified atom stereocenters. The Bertz CT molecular complexity index is 923. The summed E-state index contributed by atoms with van der Waals surface area (Å²) in [4.78, 5) is 32.6. The number of para-hydroxylation sites is 1. The number of anilines is 1. The average Bonchev–Trinajstić information content (AvgIpc) is 3.04. The van der Waals surface area contributed by atoms with Crippen molar-refractivity contribution in [2.75, 3.05) is 44.3 Å². The van der Waals surface area contributed by atoms with Gasteiger partial charge in [0.1, 0.15) is 17.6 Å². The number of hydrogen-bond acceptors (Lipinski definition) is 7. The van der Waals surface area contributed by atoms with E-state index in [1.165, 1.54) is 6.20 Å². The summed E-state index contributed by atoms with van der Waals surface area (Å²) in [6.07, 6.45) is 2.31. The molecule has 1 aliphatic heterocycles. The second-order valence-corrected chi connectivity index (χ2v) is 6.74. The van der Waals surface area contributed by atoms with Gasteiger partial charge < -0.3 is 19.3 Å². The van der Waals surface area contributed by atoms with Crippen molar-refractivity contribution in [3.8, 4) is 11.8 Å². The number of nitriles is 1. The Labute approximate surface area is 175 Å². The maximum Gasteiger partial charge on any atom is 0.339 e. The normalized spacial score (nSPS) is 13.9. The standard InChI is InChI=1S/C22H24N4O4/c1-2-29-22(28)18-8-9-20(24-15-18)25-10-5-11-26(13-12-25)21(27)16-30-19-7-4-3-6-17(19)14-23/h3-4,6-9,15H,2,5,10-13,16H2,1H3. The van der Waals surface area contributed by atoms with Gasteiger partial charge in [0, 0.05) is 32.4 Å². The Balaban J connectivity index is 1.55. The fourth-order valence-electron chi connectivity index (χ4n) is 3.22. The topological polar surface area (TPSA) is 95.8 Å². The van der Waals surface area contributed by atoms with E-state index in [9.17, 15) is 9.59 Å². The number of esters is 1. The highest BCUT2D eigenvalue weighted by Crippen LogP contribution is 2.18. The van der Waals surface area contributed by atoms with Gasteiger partial charge in [-0.25, -0.2) is 9.78 Å². The molecule has 1 aromatic carbocycles. The molecule has 1 fully saturated rings. The first-order chi connectivity index (χ1) is 14.6. The Hall–Kier alpha value is -3.60. The minimum absolute atomic E-state index is 0.106. The smallest absolute Gasteiger partial charge is 0.339 e. The Morgan fingerprint density at radius 2 is 1.97 bits per heavy atom. The SMILES string of the molecule is CCOC(=O)c1ccc(N2CCCN(C(=O)COc3ccccc3C#N)CC2)nc1. The molecule has 30 heavy (non-hydrogen) atoms. The third kappa shape index (κ3) is 5.26. The zero-order valence-electron chi connectivity index (χ0n) is 16.9. The molecule has 1 amide bonds. The number of ether oxygens (including phenoxy) is 2. The predicted octanol–water partition coefficient (Wildman–Crippen LogP) is 2.25. The highest BCUT2D eigenvalue weighted by atomic mass is 16.5. The lowest BCUT2D eigenvalue weighted by Crippen LogP contribution is -2.38. The number of pyridine rings is 1. The predicted molar refractivity (Wildman–Crippen MR) is 110 cm³/mol. The molecule has 0 atom stereocenters. The lowest BCUT2D eigenvalue weighted by atomic mass is 10.2. The molecule has 3 rings (SSSR count). The lowest BCUT2D eigenvalue weighted by Gasteiger charge is -2.23. The van der Waals surface area contributed by atoms with Gasteiger partial charge in [-0.3, -0.25) is 4.79 Å². The van der Waals surface area contributed by atoms with Gasteiger partial charge in [0.2, 0.25) is 0 Å². The molecule has 1 aromatic heterocycles. The van der Waals surface area contributed by atoms with Crippen LogP contribution in [0.3, 0.4) is 0 Å². The van der Waals surface area contributed by atoms with Crippen molar-refractivity contribution in [3.05, 3.63) is 53.7 Å². The van der Waals surface area contributed by atoms with Gasteiger partial charge in [-0.1, -0.05) is 12.1 Å². The maximum atomic E-state index is 12.6. The lowest BCUT2D eigenvalue weighted by molar-refractivity contribution is -0.133. The van der Waals surface area contributed by atoms with Crippen LogP contribution in [0, 0.1) is 11.3 Å². The van der Waals surface area contributed by atoms with E-state index < -0.39 is 0 Å². The number of carbonyl (C=O) groups excluding carboxylic acids is 2. The third-order valence-corrected chi connectivity index (χ3v) is 4.79. The Kier molecular flexibility index (Phi) is 7.22. The molecule has 0 saturated carbocycles.